The molecule has 1 unspecified atom stereocenters. The van der Waals surface area contributed by atoms with Crippen LogP contribution in [0.3, 0.4) is 0 Å². The lowest BCUT2D eigenvalue weighted by molar-refractivity contribution is 0.406. The molecule has 1 aromatic heterocycles. The zero-order valence-electron chi connectivity index (χ0n) is 10.8. The highest BCUT2D eigenvalue weighted by Crippen LogP contribution is 2.39. The summed E-state index contributed by atoms with van der Waals surface area (Å²) in [4.78, 5) is 0. The molecule has 0 amide bonds. The van der Waals surface area contributed by atoms with E-state index in [1.54, 1.807) is 6.07 Å². The molecule has 0 aliphatic heterocycles. The van der Waals surface area contributed by atoms with Crippen LogP contribution in [-0.4, -0.2) is 7.11 Å². The molecule has 1 atom stereocenters. The first kappa shape index (κ1) is 14.4. The van der Waals surface area contributed by atoms with Crippen molar-refractivity contribution < 1.29 is 13.5 Å². The molecule has 0 spiro atoms. The number of alkyl halides is 1. The number of methoxy groups -OCH3 is 1. The molecule has 0 radical (unpaired) electrons. The van der Waals surface area contributed by atoms with Crippen LogP contribution < -0.4 is 4.74 Å². The molecule has 0 fully saturated rings. The van der Waals surface area contributed by atoms with E-state index in [4.69, 9.17) is 20.8 Å². The smallest absolute Gasteiger partial charge is 0.141 e. The Morgan fingerprint density at radius 2 is 1.95 bits per heavy atom. The molecule has 5 heteroatoms. The number of halogens is 3. The summed E-state index contributed by atoms with van der Waals surface area (Å²) >= 11 is 9.64. The van der Waals surface area contributed by atoms with Gasteiger partial charge in [0.05, 0.1) is 17.0 Å². The Morgan fingerprint density at radius 3 is 2.47 bits per heavy atom. The van der Waals surface area contributed by atoms with Crippen molar-refractivity contribution in [1.82, 2.24) is 0 Å². The van der Waals surface area contributed by atoms with Gasteiger partial charge in [0.15, 0.2) is 0 Å². The van der Waals surface area contributed by atoms with Gasteiger partial charge in [-0.15, -0.1) is 11.6 Å². The summed E-state index contributed by atoms with van der Waals surface area (Å²) in [7, 11) is 1.49. The van der Waals surface area contributed by atoms with Crippen molar-refractivity contribution in [2.45, 2.75) is 19.2 Å². The third-order valence-electron chi connectivity index (χ3n) is 2.90. The van der Waals surface area contributed by atoms with Crippen molar-refractivity contribution in [3.8, 4) is 5.75 Å². The Hall–Kier alpha value is -1.00. The van der Waals surface area contributed by atoms with Crippen LogP contribution in [0.5, 0.6) is 5.75 Å². The molecular weight excluding hydrogens is 335 g/mol. The molecule has 0 aliphatic carbocycles. The normalized spacial score (nSPS) is 12.5. The molecule has 19 heavy (non-hydrogen) atoms. The zero-order valence-corrected chi connectivity index (χ0v) is 13.1. The summed E-state index contributed by atoms with van der Waals surface area (Å²) in [6.07, 6.45) is 0. The van der Waals surface area contributed by atoms with E-state index in [9.17, 15) is 4.39 Å². The Labute approximate surface area is 124 Å². The van der Waals surface area contributed by atoms with Crippen LogP contribution >= 0.6 is 27.5 Å². The van der Waals surface area contributed by atoms with E-state index in [2.05, 4.69) is 15.9 Å². The van der Waals surface area contributed by atoms with E-state index in [-0.39, 0.29) is 5.82 Å². The van der Waals surface area contributed by atoms with Gasteiger partial charge in [-0.05, 0) is 41.9 Å². The van der Waals surface area contributed by atoms with Crippen LogP contribution in [0.15, 0.2) is 27.1 Å². The lowest BCUT2D eigenvalue weighted by atomic mass is 10.0. The first-order valence-electron chi connectivity index (χ1n) is 5.68. The minimum Gasteiger partial charge on any atom is -0.496 e. The van der Waals surface area contributed by atoms with Crippen LogP contribution in [0.2, 0.25) is 0 Å². The molecule has 0 saturated heterocycles. The molecule has 1 aromatic carbocycles. The first-order chi connectivity index (χ1) is 8.93. The van der Waals surface area contributed by atoms with Crippen LogP contribution in [0, 0.1) is 19.7 Å². The fourth-order valence-corrected chi connectivity index (χ4v) is 2.74. The molecular formula is C14H13BrClFO2. The average Bonchev–Trinajstić information content (AvgIpc) is 2.70. The monoisotopic (exact) mass is 346 g/mol. The third kappa shape index (κ3) is 2.79. The quantitative estimate of drug-likeness (QED) is 0.718. The standard InChI is InChI=1S/C14H13BrClFO2/c1-7-4-9(8(2)19-7)14(16)10-5-11(15)12(17)6-13(10)18-3/h4-6,14H,1-3H3. The van der Waals surface area contributed by atoms with Gasteiger partial charge in [0, 0.05) is 17.2 Å². The van der Waals surface area contributed by atoms with Crippen LogP contribution in [0.25, 0.3) is 0 Å². The van der Waals surface area contributed by atoms with Gasteiger partial charge in [-0.3, -0.25) is 0 Å². The molecule has 102 valence electrons. The molecule has 0 aliphatic rings. The van der Waals surface area contributed by atoms with Crippen molar-refractivity contribution in [2.75, 3.05) is 7.11 Å². The number of hydrogen-bond donors (Lipinski definition) is 0. The molecule has 0 saturated carbocycles. The van der Waals surface area contributed by atoms with E-state index in [1.165, 1.54) is 13.2 Å². The molecule has 2 rings (SSSR count). The van der Waals surface area contributed by atoms with E-state index in [0.717, 1.165) is 17.1 Å². The van der Waals surface area contributed by atoms with Crippen molar-refractivity contribution in [3.05, 3.63) is 51.1 Å². The fraction of sp³-hybridized carbons (Fsp3) is 0.286. The minimum atomic E-state index is -0.454. The van der Waals surface area contributed by atoms with Gasteiger partial charge in [-0.1, -0.05) is 0 Å². The zero-order chi connectivity index (χ0) is 14.2. The highest BCUT2D eigenvalue weighted by molar-refractivity contribution is 9.10. The van der Waals surface area contributed by atoms with E-state index in [0.29, 0.717) is 15.8 Å². The van der Waals surface area contributed by atoms with Crippen molar-refractivity contribution in [3.63, 3.8) is 0 Å². The van der Waals surface area contributed by atoms with Crippen molar-refractivity contribution >= 4 is 27.5 Å². The van der Waals surface area contributed by atoms with Crippen molar-refractivity contribution in [2.24, 2.45) is 0 Å². The van der Waals surface area contributed by atoms with Gasteiger partial charge in [0.1, 0.15) is 23.1 Å². The molecule has 0 bridgehead atoms. The third-order valence-corrected chi connectivity index (χ3v) is 3.98. The molecule has 1 heterocycles. The number of ether oxygens (including phenoxy) is 1. The summed E-state index contributed by atoms with van der Waals surface area (Å²) in [6, 6.07) is 4.83. The maximum atomic E-state index is 13.5. The van der Waals surface area contributed by atoms with Gasteiger partial charge in [-0.2, -0.15) is 0 Å². The summed E-state index contributed by atoms with van der Waals surface area (Å²) in [5.41, 5.74) is 1.55. The Balaban J connectivity index is 2.52. The number of furan rings is 1. The maximum Gasteiger partial charge on any atom is 0.141 e. The van der Waals surface area contributed by atoms with Crippen LogP contribution in [0.4, 0.5) is 4.39 Å². The number of benzene rings is 1. The van der Waals surface area contributed by atoms with E-state index >= 15 is 0 Å². The number of rotatable bonds is 3. The Kier molecular flexibility index (Phi) is 4.21. The summed E-state index contributed by atoms with van der Waals surface area (Å²) in [5, 5.41) is -0.454. The van der Waals surface area contributed by atoms with Gasteiger partial charge in [-0.25, -0.2) is 4.39 Å². The second kappa shape index (κ2) is 5.55. The van der Waals surface area contributed by atoms with Gasteiger partial charge in [0.25, 0.3) is 0 Å². The lowest BCUT2D eigenvalue weighted by Gasteiger charge is -2.14. The van der Waals surface area contributed by atoms with E-state index in [1.807, 2.05) is 19.9 Å². The van der Waals surface area contributed by atoms with Crippen molar-refractivity contribution in [1.29, 1.82) is 0 Å². The predicted molar refractivity (Wildman–Crippen MR) is 76.5 cm³/mol. The summed E-state index contributed by atoms with van der Waals surface area (Å²) < 4.78 is 24.5. The maximum absolute atomic E-state index is 13.5. The number of aryl methyl sites for hydroxylation is 2. The van der Waals surface area contributed by atoms with Crippen LogP contribution in [0.1, 0.15) is 28.0 Å². The summed E-state index contributed by atoms with van der Waals surface area (Å²) in [6.45, 7) is 3.71. The minimum absolute atomic E-state index is 0.354. The highest BCUT2D eigenvalue weighted by Gasteiger charge is 2.21. The van der Waals surface area contributed by atoms with Gasteiger partial charge < -0.3 is 9.15 Å². The van der Waals surface area contributed by atoms with E-state index < -0.39 is 5.38 Å². The van der Waals surface area contributed by atoms with Gasteiger partial charge in [0.2, 0.25) is 0 Å². The van der Waals surface area contributed by atoms with Gasteiger partial charge >= 0.3 is 0 Å². The highest BCUT2D eigenvalue weighted by atomic mass is 79.9. The predicted octanol–water partition coefficient (Wildman–Crippen LogP) is 5.13. The Bertz CT molecular complexity index is 610. The second-order valence-corrected chi connectivity index (χ2v) is 5.53. The second-order valence-electron chi connectivity index (χ2n) is 4.24. The Morgan fingerprint density at radius 1 is 1.26 bits per heavy atom. The SMILES string of the molecule is COc1cc(F)c(Br)cc1C(Cl)c1cc(C)oc1C. The topological polar surface area (TPSA) is 22.4 Å². The first-order valence-corrected chi connectivity index (χ1v) is 6.91. The largest absolute Gasteiger partial charge is 0.496 e. The van der Waals surface area contributed by atoms with Crippen LogP contribution in [-0.2, 0) is 0 Å². The number of hydrogen-bond acceptors (Lipinski definition) is 2. The lowest BCUT2D eigenvalue weighted by Crippen LogP contribution is -1.99. The average molecular weight is 348 g/mol. The molecule has 0 N–H and O–H groups in total. The fourth-order valence-electron chi connectivity index (χ4n) is 1.99. The summed E-state index contributed by atoms with van der Waals surface area (Å²) in [5.74, 6) is 1.57. The molecule has 2 nitrogen and oxygen atoms in total. The molecule has 2 aromatic rings.